The van der Waals surface area contributed by atoms with Gasteiger partial charge in [0.1, 0.15) is 5.82 Å². The third-order valence-corrected chi connectivity index (χ3v) is 4.20. The maximum atomic E-state index is 4.39. The number of rotatable bonds is 5. The Hall–Kier alpha value is -1.12. The fourth-order valence-corrected chi connectivity index (χ4v) is 2.58. The van der Waals surface area contributed by atoms with Gasteiger partial charge < -0.3 is 15.5 Å². The number of hydrogen-bond donors (Lipinski definition) is 2. The van der Waals surface area contributed by atoms with Gasteiger partial charge in [0.2, 0.25) is 0 Å². The molecular formula is C15H27IN6. The minimum atomic E-state index is 0. The first-order valence-electron chi connectivity index (χ1n) is 7.62. The highest BCUT2D eigenvalue weighted by molar-refractivity contribution is 14.0. The minimum Gasteiger partial charge on any atom is -0.367 e. The molecule has 0 aliphatic carbocycles. The molecule has 1 atom stereocenters. The first-order chi connectivity index (χ1) is 10.2. The molecule has 1 aliphatic heterocycles. The molecule has 0 spiro atoms. The molecule has 124 valence electrons. The highest BCUT2D eigenvalue weighted by Crippen LogP contribution is 2.32. The van der Waals surface area contributed by atoms with Gasteiger partial charge >= 0.3 is 0 Å². The first-order valence-corrected chi connectivity index (χ1v) is 7.62. The van der Waals surface area contributed by atoms with Crippen molar-refractivity contribution in [3.8, 4) is 0 Å². The molecule has 6 nitrogen and oxygen atoms in total. The molecule has 1 saturated heterocycles. The van der Waals surface area contributed by atoms with Crippen molar-refractivity contribution in [2.24, 2.45) is 10.4 Å². The molecule has 1 unspecified atom stereocenters. The zero-order chi connectivity index (χ0) is 15.1. The van der Waals surface area contributed by atoms with Gasteiger partial charge in [-0.15, -0.1) is 24.0 Å². The van der Waals surface area contributed by atoms with Gasteiger partial charge in [-0.25, -0.2) is 4.98 Å². The summed E-state index contributed by atoms with van der Waals surface area (Å²) in [4.78, 5) is 14.9. The molecule has 2 N–H and O–H groups in total. The third-order valence-electron chi connectivity index (χ3n) is 4.20. The lowest BCUT2D eigenvalue weighted by Crippen LogP contribution is -2.42. The molecule has 1 aromatic rings. The highest BCUT2D eigenvalue weighted by atomic mass is 127. The second-order valence-electron chi connectivity index (χ2n) is 5.83. The first kappa shape index (κ1) is 18.9. The Morgan fingerprint density at radius 1 is 1.41 bits per heavy atom. The molecule has 1 fully saturated rings. The maximum absolute atomic E-state index is 4.39. The lowest BCUT2D eigenvalue weighted by Gasteiger charge is -2.25. The molecule has 0 saturated carbocycles. The van der Waals surface area contributed by atoms with E-state index >= 15 is 0 Å². The van der Waals surface area contributed by atoms with Gasteiger partial charge in [-0.1, -0.05) is 13.8 Å². The summed E-state index contributed by atoms with van der Waals surface area (Å²) in [7, 11) is 1.85. The van der Waals surface area contributed by atoms with E-state index in [1.54, 1.807) is 18.6 Å². The highest BCUT2D eigenvalue weighted by Gasteiger charge is 2.33. The smallest absolute Gasteiger partial charge is 0.193 e. The fraction of sp³-hybridized carbons (Fsp3) is 0.667. The van der Waals surface area contributed by atoms with Crippen LogP contribution in [0.25, 0.3) is 0 Å². The molecule has 22 heavy (non-hydrogen) atoms. The van der Waals surface area contributed by atoms with Gasteiger partial charge in [-0.05, 0) is 18.3 Å². The molecule has 2 rings (SSSR count). The number of halogens is 1. The lowest BCUT2D eigenvalue weighted by molar-refractivity contribution is 0.322. The molecule has 7 heteroatoms. The Bertz CT molecular complexity index is 466. The standard InChI is InChI=1S/C15H26N6.HI/c1-4-15(2)5-10-21(12-15)14(16-3)20-9-8-19-13-11-17-6-7-18-13;/h6-7,11H,4-5,8-10,12H2,1-3H3,(H,16,20)(H,18,19);1H. The Labute approximate surface area is 150 Å². The van der Waals surface area contributed by atoms with Gasteiger partial charge in [-0.2, -0.15) is 0 Å². The van der Waals surface area contributed by atoms with E-state index in [1.807, 2.05) is 7.05 Å². The number of aliphatic imine (C=N–C) groups is 1. The zero-order valence-electron chi connectivity index (χ0n) is 13.7. The zero-order valence-corrected chi connectivity index (χ0v) is 16.0. The van der Waals surface area contributed by atoms with Gasteiger partial charge in [0.25, 0.3) is 0 Å². The van der Waals surface area contributed by atoms with Crippen molar-refractivity contribution in [2.75, 3.05) is 38.5 Å². The van der Waals surface area contributed by atoms with E-state index < -0.39 is 0 Å². The second kappa shape index (κ2) is 9.12. The average molecular weight is 418 g/mol. The van der Waals surface area contributed by atoms with E-state index in [0.29, 0.717) is 5.41 Å². The molecule has 2 heterocycles. The largest absolute Gasteiger partial charge is 0.367 e. The van der Waals surface area contributed by atoms with E-state index in [-0.39, 0.29) is 24.0 Å². The quantitative estimate of drug-likeness (QED) is 0.332. The van der Waals surface area contributed by atoms with E-state index in [0.717, 1.165) is 38.0 Å². The normalized spacial score (nSPS) is 21.4. The lowest BCUT2D eigenvalue weighted by atomic mass is 9.87. The van der Waals surface area contributed by atoms with E-state index in [2.05, 4.69) is 44.3 Å². The van der Waals surface area contributed by atoms with Crippen LogP contribution in [0.1, 0.15) is 26.7 Å². The van der Waals surface area contributed by atoms with Crippen molar-refractivity contribution in [2.45, 2.75) is 26.7 Å². The van der Waals surface area contributed by atoms with Crippen LogP contribution in [0.2, 0.25) is 0 Å². The van der Waals surface area contributed by atoms with Crippen molar-refractivity contribution in [3.63, 3.8) is 0 Å². The third kappa shape index (κ3) is 5.26. The molecule has 0 radical (unpaired) electrons. The summed E-state index contributed by atoms with van der Waals surface area (Å²) in [5, 5.41) is 6.64. The summed E-state index contributed by atoms with van der Waals surface area (Å²) < 4.78 is 0. The van der Waals surface area contributed by atoms with E-state index in [9.17, 15) is 0 Å². The van der Waals surface area contributed by atoms with Gasteiger partial charge in [0, 0.05) is 45.6 Å². The summed E-state index contributed by atoms with van der Waals surface area (Å²) in [6.07, 6.45) is 7.53. The summed E-state index contributed by atoms with van der Waals surface area (Å²) >= 11 is 0. The molecule has 0 amide bonds. The van der Waals surface area contributed by atoms with Crippen molar-refractivity contribution >= 4 is 35.8 Å². The summed E-state index contributed by atoms with van der Waals surface area (Å²) in [5.74, 6) is 1.79. The Morgan fingerprint density at radius 2 is 2.23 bits per heavy atom. The van der Waals surface area contributed by atoms with Crippen LogP contribution in [0.3, 0.4) is 0 Å². The van der Waals surface area contributed by atoms with Crippen LogP contribution in [0.4, 0.5) is 5.82 Å². The number of hydrogen-bond acceptors (Lipinski definition) is 4. The summed E-state index contributed by atoms with van der Waals surface area (Å²) in [6.45, 7) is 8.39. The average Bonchev–Trinajstić information content (AvgIpc) is 2.91. The predicted molar refractivity (Wildman–Crippen MR) is 102 cm³/mol. The van der Waals surface area contributed by atoms with Gasteiger partial charge in [0.05, 0.1) is 6.20 Å². The molecule has 1 aromatic heterocycles. The van der Waals surface area contributed by atoms with E-state index in [1.165, 1.54) is 12.8 Å². The number of nitrogens with zero attached hydrogens (tertiary/aromatic N) is 4. The van der Waals surface area contributed by atoms with Crippen molar-refractivity contribution in [3.05, 3.63) is 18.6 Å². The Kier molecular flexibility index (Phi) is 7.84. The Morgan fingerprint density at radius 3 is 2.82 bits per heavy atom. The molecular weight excluding hydrogens is 391 g/mol. The van der Waals surface area contributed by atoms with Crippen LogP contribution in [-0.4, -0.2) is 54.1 Å². The maximum Gasteiger partial charge on any atom is 0.193 e. The Balaban J connectivity index is 0.00000242. The SMILES string of the molecule is CCC1(C)CCN(C(=NC)NCCNc2cnccn2)C1.I. The van der Waals surface area contributed by atoms with Crippen LogP contribution < -0.4 is 10.6 Å². The van der Waals surface area contributed by atoms with Crippen LogP contribution >= 0.6 is 24.0 Å². The molecule has 1 aliphatic rings. The van der Waals surface area contributed by atoms with Gasteiger partial charge in [-0.3, -0.25) is 9.98 Å². The fourth-order valence-electron chi connectivity index (χ4n) is 2.58. The van der Waals surface area contributed by atoms with Crippen molar-refractivity contribution < 1.29 is 0 Å². The van der Waals surface area contributed by atoms with Crippen molar-refractivity contribution in [1.82, 2.24) is 20.2 Å². The summed E-state index contributed by atoms with van der Waals surface area (Å²) in [6, 6.07) is 0. The van der Waals surface area contributed by atoms with Crippen LogP contribution in [0.5, 0.6) is 0 Å². The predicted octanol–water partition coefficient (Wildman–Crippen LogP) is 2.20. The minimum absolute atomic E-state index is 0. The van der Waals surface area contributed by atoms with Crippen LogP contribution in [0, 0.1) is 5.41 Å². The number of anilines is 1. The number of likely N-dealkylation sites (tertiary alicyclic amines) is 1. The van der Waals surface area contributed by atoms with Crippen LogP contribution in [0.15, 0.2) is 23.6 Å². The van der Waals surface area contributed by atoms with Gasteiger partial charge in [0.15, 0.2) is 5.96 Å². The monoisotopic (exact) mass is 418 g/mol. The van der Waals surface area contributed by atoms with E-state index in [4.69, 9.17) is 0 Å². The second-order valence-corrected chi connectivity index (χ2v) is 5.83. The topological polar surface area (TPSA) is 65.4 Å². The van der Waals surface area contributed by atoms with Crippen LogP contribution in [-0.2, 0) is 0 Å². The summed E-state index contributed by atoms with van der Waals surface area (Å²) in [5.41, 5.74) is 0.426. The number of nitrogens with one attached hydrogen (secondary N) is 2. The van der Waals surface area contributed by atoms with Crippen molar-refractivity contribution in [1.29, 1.82) is 0 Å². The number of guanidine groups is 1. The molecule has 0 bridgehead atoms. The molecule has 0 aromatic carbocycles. The number of aromatic nitrogens is 2.